The zero-order valence-corrected chi connectivity index (χ0v) is 31.0. The molecule has 3 heterocycles. The van der Waals surface area contributed by atoms with Crippen LogP contribution in [0.1, 0.15) is 0 Å². The van der Waals surface area contributed by atoms with Crippen molar-refractivity contribution in [3.8, 4) is 62.1 Å². The highest BCUT2D eigenvalue weighted by Gasteiger charge is 2.18. The largest absolute Gasteiger partial charge is 0.309 e. The van der Waals surface area contributed by atoms with E-state index in [1.807, 2.05) is 72.0 Å². The van der Waals surface area contributed by atoms with Crippen LogP contribution in [-0.2, 0) is 0 Å². The Bertz CT molecular complexity index is 3170. The molecule has 0 radical (unpaired) electrons. The second kappa shape index (κ2) is 13.3. The topological polar surface area (TPSA) is 43.6 Å². The molecule has 0 atom stereocenters. The SMILES string of the molecule is c1ccc(-c2nc(-c3ccccc3)nc(-c3ccc4c5cc(-c6ccc7sc8c(-c9ccccc9)cccc8c7c6)ccc5n(-c5ccccc5)c4c3)n2)cc1. The molecule has 0 fully saturated rings. The van der Waals surface area contributed by atoms with Crippen LogP contribution in [0.3, 0.4) is 0 Å². The summed E-state index contributed by atoms with van der Waals surface area (Å²) in [6.07, 6.45) is 0. The van der Waals surface area contributed by atoms with Gasteiger partial charge in [-0.3, -0.25) is 0 Å². The fraction of sp³-hybridized carbons (Fsp3) is 0. The van der Waals surface area contributed by atoms with Crippen LogP contribution in [-0.4, -0.2) is 19.5 Å². The predicted octanol–water partition coefficient (Wildman–Crippen LogP) is 13.7. The third-order valence-electron chi connectivity index (χ3n) is 10.7. The minimum Gasteiger partial charge on any atom is -0.309 e. The van der Waals surface area contributed by atoms with Gasteiger partial charge in [-0.15, -0.1) is 11.3 Å². The number of benzene rings is 8. The minimum absolute atomic E-state index is 0.636. The Labute approximate surface area is 327 Å². The maximum atomic E-state index is 5.05. The number of hydrogen-bond donors (Lipinski definition) is 0. The van der Waals surface area contributed by atoms with Crippen molar-refractivity contribution in [2.75, 3.05) is 0 Å². The Kier molecular flexibility index (Phi) is 7.64. The molecule has 0 bridgehead atoms. The van der Waals surface area contributed by atoms with Crippen LogP contribution in [0.5, 0.6) is 0 Å². The van der Waals surface area contributed by atoms with Gasteiger partial charge in [-0.1, -0.05) is 152 Å². The van der Waals surface area contributed by atoms with Crippen LogP contribution >= 0.6 is 11.3 Å². The first-order valence-corrected chi connectivity index (χ1v) is 19.6. The molecule has 262 valence electrons. The van der Waals surface area contributed by atoms with Crippen molar-refractivity contribution in [2.45, 2.75) is 0 Å². The molecule has 0 aliphatic rings. The number of para-hydroxylation sites is 1. The molecule has 3 aromatic heterocycles. The highest BCUT2D eigenvalue weighted by molar-refractivity contribution is 7.26. The molecule has 0 saturated heterocycles. The van der Waals surface area contributed by atoms with Crippen molar-refractivity contribution in [3.05, 3.63) is 194 Å². The second-order valence-electron chi connectivity index (χ2n) is 14.0. The molecular weight excluding hydrogens is 701 g/mol. The molecular formula is C51H32N4S. The first-order valence-electron chi connectivity index (χ1n) is 18.8. The molecule has 4 nitrogen and oxygen atoms in total. The zero-order valence-electron chi connectivity index (χ0n) is 30.2. The van der Waals surface area contributed by atoms with E-state index in [4.69, 9.17) is 15.0 Å². The molecule has 0 aliphatic heterocycles. The lowest BCUT2D eigenvalue weighted by atomic mass is 9.99. The standard InChI is InChI=1S/C51H32N4S/c1-5-14-33(15-6-1)40-22-13-23-42-44-31-37(26-29-47(44)56-48(40)42)36-25-28-45-43(30-36)41-27-24-38(32-46(41)55(45)39-20-11-4-12-21-39)51-53-49(34-16-7-2-8-17-34)52-50(54-51)35-18-9-3-10-19-35/h1-32H. The average Bonchev–Trinajstić information content (AvgIpc) is 3.82. The van der Waals surface area contributed by atoms with Crippen LogP contribution in [0.15, 0.2) is 194 Å². The summed E-state index contributed by atoms with van der Waals surface area (Å²) in [5, 5.41) is 4.95. The van der Waals surface area contributed by atoms with Crippen LogP contribution in [0.4, 0.5) is 0 Å². The molecule has 0 spiro atoms. The summed E-state index contributed by atoms with van der Waals surface area (Å²) in [6, 6.07) is 68.6. The van der Waals surface area contributed by atoms with E-state index in [2.05, 4.69) is 138 Å². The van der Waals surface area contributed by atoms with Gasteiger partial charge >= 0.3 is 0 Å². The molecule has 5 heteroatoms. The third kappa shape index (κ3) is 5.48. The summed E-state index contributed by atoms with van der Waals surface area (Å²) in [5.41, 5.74) is 11.1. The first-order chi connectivity index (χ1) is 27.7. The van der Waals surface area contributed by atoms with Crippen molar-refractivity contribution in [2.24, 2.45) is 0 Å². The van der Waals surface area contributed by atoms with Gasteiger partial charge in [0.2, 0.25) is 0 Å². The minimum atomic E-state index is 0.636. The molecule has 11 rings (SSSR count). The van der Waals surface area contributed by atoms with E-state index in [0.29, 0.717) is 17.5 Å². The lowest BCUT2D eigenvalue weighted by Gasteiger charge is -2.10. The summed E-state index contributed by atoms with van der Waals surface area (Å²) in [4.78, 5) is 15.0. The molecule has 0 unspecified atom stereocenters. The highest BCUT2D eigenvalue weighted by Crippen LogP contribution is 2.42. The molecule has 0 aliphatic carbocycles. The maximum Gasteiger partial charge on any atom is 0.164 e. The fourth-order valence-corrected chi connectivity index (χ4v) is 9.17. The normalized spacial score (nSPS) is 11.6. The number of nitrogens with zero attached hydrogens (tertiary/aromatic N) is 4. The maximum absolute atomic E-state index is 5.05. The summed E-state index contributed by atoms with van der Waals surface area (Å²) in [7, 11) is 0. The van der Waals surface area contributed by atoms with Crippen LogP contribution in [0.25, 0.3) is 104 Å². The summed E-state index contributed by atoms with van der Waals surface area (Å²) < 4.78 is 4.98. The van der Waals surface area contributed by atoms with E-state index in [9.17, 15) is 0 Å². The Morgan fingerprint density at radius 1 is 0.339 bits per heavy atom. The Balaban J connectivity index is 1.08. The smallest absolute Gasteiger partial charge is 0.164 e. The number of aromatic nitrogens is 4. The van der Waals surface area contributed by atoms with Gasteiger partial charge in [-0.25, -0.2) is 15.0 Å². The average molecular weight is 733 g/mol. The summed E-state index contributed by atoms with van der Waals surface area (Å²) in [6.45, 7) is 0. The summed E-state index contributed by atoms with van der Waals surface area (Å²) >= 11 is 1.87. The zero-order chi connectivity index (χ0) is 37.0. The van der Waals surface area contributed by atoms with Gasteiger partial charge in [0.15, 0.2) is 17.5 Å². The van der Waals surface area contributed by atoms with Crippen LogP contribution < -0.4 is 0 Å². The van der Waals surface area contributed by atoms with Crippen molar-refractivity contribution in [3.63, 3.8) is 0 Å². The number of hydrogen-bond acceptors (Lipinski definition) is 4. The van der Waals surface area contributed by atoms with E-state index in [1.165, 1.54) is 53.2 Å². The highest BCUT2D eigenvalue weighted by atomic mass is 32.1. The van der Waals surface area contributed by atoms with E-state index in [-0.39, 0.29) is 0 Å². The van der Waals surface area contributed by atoms with Crippen LogP contribution in [0.2, 0.25) is 0 Å². The second-order valence-corrected chi connectivity index (χ2v) is 15.1. The Morgan fingerprint density at radius 2 is 0.893 bits per heavy atom. The van der Waals surface area contributed by atoms with Crippen molar-refractivity contribution >= 4 is 53.3 Å². The van der Waals surface area contributed by atoms with Crippen molar-refractivity contribution < 1.29 is 0 Å². The summed E-state index contributed by atoms with van der Waals surface area (Å²) in [5.74, 6) is 1.93. The Hall–Kier alpha value is -7.21. The van der Waals surface area contributed by atoms with E-state index < -0.39 is 0 Å². The van der Waals surface area contributed by atoms with E-state index in [0.717, 1.165) is 33.4 Å². The quantitative estimate of drug-likeness (QED) is 0.171. The lowest BCUT2D eigenvalue weighted by molar-refractivity contribution is 1.07. The van der Waals surface area contributed by atoms with Gasteiger partial charge < -0.3 is 4.57 Å². The van der Waals surface area contributed by atoms with Gasteiger partial charge in [-0.2, -0.15) is 0 Å². The number of fused-ring (bicyclic) bond motifs is 6. The van der Waals surface area contributed by atoms with Crippen molar-refractivity contribution in [1.82, 2.24) is 19.5 Å². The molecule has 0 saturated carbocycles. The third-order valence-corrected chi connectivity index (χ3v) is 11.9. The van der Waals surface area contributed by atoms with Gasteiger partial charge in [0.25, 0.3) is 0 Å². The number of rotatable bonds is 6. The predicted molar refractivity (Wildman–Crippen MR) is 234 cm³/mol. The van der Waals surface area contributed by atoms with Gasteiger partial charge in [0.1, 0.15) is 0 Å². The van der Waals surface area contributed by atoms with Crippen molar-refractivity contribution in [1.29, 1.82) is 0 Å². The van der Waals surface area contributed by atoms with Gasteiger partial charge in [-0.05, 0) is 64.7 Å². The molecule has 0 N–H and O–H groups in total. The molecule has 11 aromatic rings. The van der Waals surface area contributed by atoms with E-state index in [1.54, 1.807) is 0 Å². The Morgan fingerprint density at radius 3 is 1.55 bits per heavy atom. The van der Waals surface area contributed by atoms with Crippen LogP contribution in [0, 0.1) is 0 Å². The van der Waals surface area contributed by atoms with Gasteiger partial charge in [0, 0.05) is 53.3 Å². The molecule has 56 heavy (non-hydrogen) atoms. The molecule has 0 amide bonds. The molecule has 8 aromatic carbocycles. The lowest BCUT2D eigenvalue weighted by Crippen LogP contribution is -2.00. The number of thiophene rings is 1. The van der Waals surface area contributed by atoms with Gasteiger partial charge in [0.05, 0.1) is 11.0 Å². The van der Waals surface area contributed by atoms with E-state index >= 15 is 0 Å². The fourth-order valence-electron chi connectivity index (χ4n) is 7.96. The monoisotopic (exact) mass is 732 g/mol. The first kappa shape index (κ1) is 32.2.